The van der Waals surface area contributed by atoms with Crippen LogP contribution in [0.2, 0.25) is 0 Å². The van der Waals surface area contributed by atoms with Gasteiger partial charge in [-0.05, 0) is 26.5 Å². The highest BCUT2D eigenvalue weighted by atomic mass is 32.2. The van der Waals surface area contributed by atoms with E-state index < -0.39 is 0 Å². The first kappa shape index (κ1) is 13.3. The molecule has 0 bridgehead atoms. The van der Waals surface area contributed by atoms with Crippen molar-refractivity contribution in [2.24, 2.45) is 7.05 Å². The highest BCUT2D eigenvalue weighted by molar-refractivity contribution is 7.99. The minimum atomic E-state index is 0.123. The van der Waals surface area contributed by atoms with E-state index in [1.54, 1.807) is 0 Å². The lowest BCUT2D eigenvalue weighted by atomic mass is 10.2. The van der Waals surface area contributed by atoms with Crippen LogP contribution < -0.4 is 5.73 Å². The fraction of sp³-hybridized carbons (Fsp3) is 0.667. The van der Waals surface area contributed by atoms with Gasteiger partial charge in [-0.2, -0.15) is 16.9 Å². The van der Waals surface area contributed by atoms with Crippen LogP contribution in [0.3, 0.4) is 0 Å². The summed E-state index contributed by atoms with van der Waals surface area (Å²) in [4.78, 5) is 4.47. The van der Waals surface area contributed by atoms with Crippen LogP contribution in [0.25, 0.3) is 11.2 Å². The van der Waals surface area contributed by atoms with Crippen LogP contribution in [-0.4, -0.2) is 30.3 Å². The van der Waals surface area contributed by atoms with Crippen molar-refractivity contribution in [3.05, 3.63) is 5.69 Å². The Hall–Kier alpha value is -1.17. The lowest BCUT2D eigenvalue weighted by Gasteiger charge is -2.23. The first-order chi connectivity index (χ1) is 8.39. The van der Waals surface area contributed by atoms with Crippen molar-refractivity contribution in [1.29, 1.82) is 0 Å². The number of nitrogens with zero attached hydrogens (tertiary/aromatic N) is 4. The van der Waals surface area contributed by atoms with E-state index in [1.165, 1.54) is 0 Å². The van der Waals surface area contributed by atoms with Crippen molar-refractivity contribution in [2.45, 2.75) is 38.5 Å². The molecule has 0 radical (unpaired) electrons. The van der Waals surface area contributed by atoms with Gasteiger partial charge in [0.2, 0.25) is 5.95 Å². The Labute approximate surface area is 112 Å². The predicted octanol–water partition coefficient (Wildman–Crippen LogP) is 2.06. The van der Waals surface area contributed by atoms with Gasteiger partial charge in [0, 0.05) is 18.3 Å². The Morgan fingerprint density at radius 1 is 1.39 bits per heavy atom. The highest BCUT2D eigenvalue weighted by Gasteiger charge is 2.23. The number of fused-ring (bicyclic) bond motifs is 1. The average Bonchev–Trinajstić information content (AvgIpc) is 2.78. The van der Waals surface area contributed by atoms with Gasteiger partial charge in [-0.3, -0.25) is 9.25 Å². The van der Waals surface area contributed by atoms with E-state index in [0.29, 0.717) is 5.95 Å². The van der Waals surface area contributed by atoms with Crippen LogP contribution in [0, 0.1) is 0 Å². The van der Waals surface area contributed by atoms with Crippen molar-refractivity contribution in [3.63, 3.8) is 0 Å². The second kappa shape index (κ2) is 4.50. The van der Waals surface area contributed by atoms with E-state index in [1.807, 2.05) is 23.5 Å². The van der Waals surface area contributed by atoms with Gasteiger partial charge >= 0.3 is 0 Å². The van der Waals surface area contributed by atoms with Gasteiger partial charge in [0.05, 0.1) is 5.69 Å². The fourth-order valence-corrected chi connectivity index (χ4v) is 2.36. The number of aromatic nitrogens is 4. The van der Waals surface area contributed by atoms with Crippen molar-refractivity contribution >= 4 is 28.9 Å². The summed E-state index contributed by atoms with van der Waals surface area (Å²) >= 11 is 1.83. The maximum Gasteiger partial charge on any atom is 0.202 e. The summed E-state index contributed by atoms with van der Waals surface area (Å²) in [6.45, 7) is 7.34. The minimum absolute atomic E-state index is 0.123. The SMILES string of the molecule is CCc1nn(C)c2c1nc(N)n2CC(C)(C)SC. The summed E-state index contributed by atoms with van der Waals surface area (Å²) in [6.07, 6.45) is 2.99. The molecule has 0 saturated heterocycles. The molecule has 2 heterocycles. The minimum Gasteiger partial charge on any atom is -0.369 e. The molecule has 0 fully saturated rings. The lowest BCUT2D eigenvalue weighted by Crippen LogP contribution is -2.24. The predicted molar refractivity (Wildman–Crippen MR) is 77.9 cm³/mol. The zero-order valence-electron chi connectivity index (χ0n) is 11.7. The zero-order chi connectivity index (χ0) is 13.5. The third-order valence-electron chi connectivity index (χ3n) is 3.25. The second-order valence-corrected chi connectivity index (χ2v) is 6.63. The molecule has 2 N–H and O–H groups in total. The molecule has 0 saturated carbocycles. The van der Waals surface area contributed by atoms with Gasteiger partial charge in [-0.15, -0.1) is 0 Å². The van der Waals surface area contributed by atoms with E-state index in [2.05, 4.69) is 41.7 Å². The molecule has 5 nitrogen and oxygen atoms in total. The summed E-state index contributed by atoms with van der Waals surface area (Å²) in [5.41, 5.74) is 9.03. The van der Waals surface area contributed by atoms with Crippen molar-refractivity contribution in [1.82, 2.24) is 19.3 Å². The van der Waals surface area contributed by atoms with Crippen LogP contribution in [0.4, 0.5) is 5.95 Å². The topological polar surface area (TPSA) is 61.7 Å². The Kier molecular flexibility index (Phi) is 3.31. The molecule has 0 aliphatic heterocycles. The number of imidazole rings is 1. The number of thioether (sulfide) groups is 1. The summed E-state index contributed by atoms with van der Waals surface area (Å²) in [5.74, 6) is 0.579. The standard InChI is InChI=1S/C12H21N5S/c1-6-8-9-10(16(4)15-8)17(11(13)14-9)7-12(2,3)18-5/h6-7H2,1-5H3,(H2,13,14). The summed E-state index contributed by atoms with van der Waals surface area (Å²) in [7, 11) is 1.95. The van der Waals surface area contributed by atoms with Gasteiger partial charge in [-0.1, -0.05) is 6.92 Å². The van der Waals surface area contributed by atoms with E-state index in [0.717, 1.165) is 29.8 Å². The summed E-state index contributed by atoms with van der Waals surface area (Å²) < 4.78 is 4.07. The lowest BCUT2D eigenvalue weighted by molar-refractivity contribution is 0.572. The molecule has 0 amide bonds. The van der Waals surface area contributed by atoms with Crippen LogP contribution in [0.1, 0.15) is 26.5 Å². The molecule has 2 rings (SSSR count). The maximum absolute atomic E-state index is 6.05. The smallest absolute Gasteiger partial charge is 0.202 e. The molecule has 0 unspecified atom stereocenters. The Morgan fingerprint density at radius 2 is 2.06 bits per heavy atom. The number of hydrogen-bond donors (Lipinski definition) is 1. The average molecular weight is 267 g/mol. The number of nitrogen functional groups attached to an aromatic ring is 1. The number of hydrogen-bond acceptors (Lipinski definition) is 4. The normalized spacial score (nSPS) is 12.5. The molecule has 100 valence electrons. The Morgan fingerprint density at radius 3 is 2.61 bits per heavy atom. The first-order valence-electron chi connectivity index (χ1n) is 6.12. The van der Waals surface area contributed by atoms with Gasteiger partial charge < -0.3 is 5.73 Å². The molecule has 0 spiro atoms. The third-order valence-corrected chi connectivity index (χ3v) is 4.48. The van der Waals surface area contributed by atoms with Crippen molar-refractivity contribution < 1.29 is 0 Å². The monoisotopic (exact) mass is 267 g/mol. The number of anilines is 1. The zero-order valence-corrected chi connectivity index (χ0v) is 12.5. The molecule has 0 aliphatic carbocycles. The Balaban J connectivity index is 2.57. The van der Waals surface area contributed by atoms with Crippen molar-refractivity contribution in [3.8, 4) is 0 Å². The van der Waals surface area contributed by atoms with Crippen LogP contribution in [0.5, 0.6) is 0 Å². The van der Waals surface area contributed by atoms with Gasteiger partial charge in [0.15, 0.2) is 5.65 Å². The molecule has 0 aromatic carbocycles. The number of nitrogens with two attached hydrogens (primary N) is 1. The van der Waals surface area contributed by atoms with E-state index >= 15 is 0 Å². The van der Waals surface area contributed by atoms with Crippen LogP contribution in [0.15, 0.2) is 0 Å². The number of aryl methyl sites for hydroxylation is 2. The molecule has 0 aliphatic rings. The van der Waals surface area contributed by atoms with E-state index in [9.17, 15) is 0 Å². The molecule has 2 aromatic heterocycles. The third kappa shape index (κ3) is 2.09. The van der Waals surface area contributed by atoms with E-state index in [-0.39, 0.29) is 4.75 Å². The quantitative estimate of drug-likeness (QED) is 0.921. The fourth-order valence-electron chi connectivity index (χ4n) is 2.10. The number of rotatable bonds is 4. The van der Waals surface area contributed by atoms with Crippen molar-refractivity contribution in [2.75, 3.05) is 12.0 Å². The molecule has 2 aromatic rings. The van der Waals surface area contributed by atoms with Crippen LogP contribution >= 0.6 is 11.8 Å². The second-order valence-electron chi connectivity index (χ2n) is 5.12. The maximum atomic E-state index is 6.05. The van der Waals surface area contributed by atoms with Gasteiger partial charge in [0.1, 0.15) is 5.52 Å². The summed E-state index contributed by atoms with van der Waals surface area (Å²) in [6, 6.07) is 0. The summed E-state index contributed by atoms with van der Waals surface area (Å²) in [5, 5.41) is 4.50. The highest BCUT2D eigenvalue weighted by Crippen LogP contribution is 2.28. The first-order valence-corrected chi connectivity index (χ1v) is 7.35. The molecule has 18 heavy (non-hydrogen) atoms. The van der Waals surface area contributed by atoms with Crippen LogP contribution in [-0.2, 0) is 20.0 Å². The van der Waals surface area contributed by atoms with Gasteiger partial charge in [0.25, 0.3) is 0 Å². The molecular formula is C12H21N5S. The molecular weight excluding hydrogens is 246 g/mol. The largest absolute Gasteiger partial charge is 0.369 e. The van der Waals surface area contributed by atoms with E-state index in [4.69, 9.17) is 5.73 Å². The molecule has 0 atom stereocenters. The molecule has 6 heteroatoms. The van der Waals surface area contributed by atoms with Gasteiger partial charge in [-0.25, -0.2) is 4.98 Å². The Bertz CT molecular complexity index is 567.